The number of aromatic nitrogens is 1. The molecular formula is C25H31N3O2S. The maximum Gasteiger partial charge on any atom is 0.260 e. The molecule has 6 heteroatoms. The Hall–Kier alpha value is -2.28. The molecule has 1 saturated heterocycles. The number of benzene rings is 2. The average molecular weight is 438 g/mol. The first-order valence-corrected chi connectivity index (χ1v) is 11.7. The fourth-order valence-electron chi connectivity index (χ4n) is 3.75. The van der Waals surface area contributed by atoms with Crippen LogP contribution in [0.3, 0.4) is 0 Å². The van der Waals surface area contributed by atoms with Gasteiger partial charge in [-0.05, 0) is 47.7 Å². The third-order valence-corrected chi connectivity index (χ3v) is 6.79. The summed E-state index contributed by atoms with van der Waals surface area (Å²) in [5.74, 6) is 0.00416. The summed E-state index contributed by atoms with van der Waals surface area (Å²) >= 11 is 1.59. The molecular weight excluding hydrogens is 406 g/mol. The number of amides is 1. The van der Waals surface area contributed by atoms with Gasteiger partial charge in [-0.3, -0.25) is 14.6 Å². The predicted octanol–water partition coefficient (Wildman–Crippen LogP) is 4.88. The van der Waals surface area contributed by atoms with Crippen LogP contribution in [0.4, 0.5) is 5.13 Å². The number of rotatable bonds is 5. The van der Waals surface area contributed by atoms with Gasteiger partial charge in [0.1, 0.15) is 0 Å². The van der Waals surface area contributed by atoms with Gasteiger partial charge in [0.15, 0.2) is 5.13 Å². The van der Waals surface area contributed by atoms with Crippen LogP contribution >= 0.6 is 11.3 Å². The van der Waals surface area contributed by atoms with E-state index < -0.39 is 0 Å². The molecule has 1 aliphatic heterocycles. The van der Waals surface area contributed by atoms with Gasteiger partial charge in [-0.25, -0.2) is 4.98 Å². The van der Waals surface area contributed by atoms with Crippen LogP contribution in [0.1, 0.15) is 42.3 Å². The number of hydrogen-bond acceptors (Lipinski definition) is 5. The summed E-state index contributed by atoms with van der Waals surface area (Å²) in [5, 5.41) is 0.763. The van der Waals surface area contributed by atoms with Gasteiger partial charge in [-0.2, -0.15) is 0 Å². The zero-order chi connectivity index (χ0) is 22.0. The van der Waals surface area contributed by atoms with Crippen molar-refractivity contribution < 1.29 is 9.53 Å². The van der Waals surface area contributed by atoms with E-state index in [-0.39, 0.29) is 11.3 Å². The third kappa shape index (κ3) is 5.14. The molecule has 0 spiro atoms. The number of anilines is 1. The van der Waals surface area contributed by atoms with Gasteiger partial charge in [0.2, 0.25) is 0 Å². The largest absolute Gasteiger partial charge is 0.379 e. The second-order valence-corrected chi connectivity index (χ2v) is 10.2. The minimum Gasteiger partial charge on any atom is -0.379 e. The Labute approximate surface area is 188 Å². The summed E-state index contributed by atoms with van der Waals surface area (Å²) < 4.78 is 6.58. The van der Waals surface area contributed by atoms with Crippen LogP contribution in [0.15, 0.2) is 42.5 Å². The van der Waals surface area contributed by atoms with E-state index in [4.69, 9.17) is 9.72 Å². The first-order chi connectivity index (χ1) is 14.8. The standard InChI is InChI=1S/C25H31N3O2S/c1-18-5-10-21-22(17-18)31-24(26-21)28(12-11-27-13-15-30-16-14-27)23(29)19-6-8-20(9-7-19)25(2,3)4/h5-10,17H,11-16H2,1-4H3. The molecule has 1 aliphatic rings. The van der Waals surface area contributed by atoms with Crippen LogP contribution in [-0.2, 0) is 10.2 Å². The van der Waals surface area contributed by atoms with Crippen molar-refractivity contribution in [1.29, 1.82) is 0 Å². The monoisotopic (exact) mass is 437 g/mol. The molecule has 0 unspecified atom stereocenters. The van der Waals surface area contributed by atoms with Crippen LogP contribution in [0.5, 0.6) is 0 Å². The molecule has 2 aromatic carbocycles. The summed E-state index contributed by atoms with van der Waals surface area (Å²) in [4.78, 5) is 22.6. The Kier molecular flexibility index (Phi) is 6.42. The van der Waals surface area contributed by atoms with E-state index in [9.17, 15) is 4.79 Å². The Morgan fingerprint density at radius 1 is 1.13 bits per heavy atom. The SMILES string of the molecule is Cc1ccc2nc(N(CCN3CCOCC3)C(=O)c3ccc(C(C)(C)C)cc3)sc2c1. The third-order valence-electron chi connectivity index (χ3n) is 5.75. The zero-order valence-corrected chi connectivity index (χ0v) is 19.7. The maximum absolute atomic E-state index is 13.6. The lowest BCUT2D eigenvalue weighted by Crippen LogP contribution is -2.43. The van der Waals surface area contributed by atoms with E-state index in [1.165, 1.54) is 11.1 Å². The lowest BCUT2D eigenvalue weighted by molar-refractivity contribution is 0.0391. The van der Waals surface area contributed by atoms with Gasteiger partial charge in [0.05, 0.1) is 23.4 Å². The smallest absolute Gasteiger partial charge is 0.260 e. The number of ether oxygens (including phenoxy) is 1. The van der Waals surface area contributed by atoms with Gasteiger partial charge in [-0.1, -0.05) is 50.3 Å². The van der Waals surface area contributed by atoms with Crippen molar-refractivity contribution in [3.8, 4) is 0 Å². The summed E-state index contributed by atoms with van der Waals surface area (Å²) in [6.07, 6.45) is 0. The molecule has 0 atom stereocenters. The summed E-state index contributed by atoms with van der Waals surface area (Å²) in [5.41, 5.74) is 4.12. The lowest BCUT2D eigenvalue weighted by atomic mass is 9.86. The van der Waals surface area contributed by atoms with Crippen LogP contribution < -0.4 is 4.90 Å². The van der Waals surface area contributed by atoms with Crippen molar-refractivity contribution in [2.45, 2.75) is 33.1 Å². The first-order valence-electron chi connectivity index (χ1n) is 10.9. The van der Waals surface area contributed by atoms with Crippen molar-refractivity contribution in [2.75, 3.05) is 44.3 Å². The number of hydrogen-bond donors (Lipinski definition) is 0. The quantitative estimate of drug-likeness (QED) is 0.571. The highest BCUT2D eigenvalue weighted by Gasteiger charge is 2.23. The van der Waals surface area contributed by atoms with E-state index in [1.807, 2.05) is 23.1 Å². The zero-order valence-electron chi connectivity index (χ0n) is 18.9. The molecule has 0 bridgehead atoms. The molecule has 2 heterocycles. The Morgan fingerprint density at radius 3 is 2.52 bits per heavy atom. The molecule has 5 nitrogen and oxygen atoms in total. The lowest BCUT2D eigenvalue weighted by Gasteiger charge is -2.29. The van der Waals surface area contributed by atoms with Crippen molar-refractivity contribution >= 4 is 32.6 Å². The van der Waals surface area contributed by atoms with E-state index in [2.05, 4.69) is 56.9 Å². The summed E-state index contributed by atoms with van der Waals surface area (Å²) in [6.45, 7) is 13.4. The molecule has 0 aliphatic carbocycles. The maximum atomic E-state index is 13.6. The highest BCUT2D eigenvalue weighted by atomic mass is 32.1. The Morgan fingerprint density at radius 2 is 1.84 bits per heavy atom. The second-order valence-electron chi connectivity index (χ2n) is 9.21. The highest BCUT2D eigenvalue weighted by Crippen LogP contribution is 2.31. The Bertz CT molecular complexity index is 1050. The topological polar surface area (TPSA) is 45.7 Å². The fraction of sp³-hybridized carbons (Fsp3) is 0.440. The number of aryl methyl sites for hydroxylation is 1. The van der Waals surface area contributed by atoms with Crippen molar-refractivity contribution in [1.82, 2.24) is 9.88 Å². The normalized spacial score (nSPS) is 15.4. The highest BCUT2D eigenvalue weighted by molar-refractivity contribution is 7.22. The van der Waals surface area contributed by atoms with Crippen molar-refractivity contribution in [3.05, 3.63) is 59.2 Å². The molecule has 1 aromatic heterocycles. The number of carbonyl (C=O) groups is 1. The first kappa shape index (κ1) is 21.9. The molecule has 0 saturated carbocycles. The predicted molar refractivity (Wildman–Crippen MR) is 128 cm³/mol. The van der Waals surface area contributed by atoms with Crippen LogP contribution in [0.2, 0.25) is 0 Å². The van der Waals surface area contributed by atoms with Gasteiger partial charge >= 0.3 is 0 Å². The van der Waals surface area contributed by atoms with Crippen molar-refractivity contribution in [3.63, 3.8) is 0 Å². The van der Waals surface area contributed by atoms with Gasteiger partial charge in [-0.15, -0.1) is 0 Å². The molecule has 3 aromatic rings. The van der Waals surface area contributed by atoms with Gasteiger partial charge in [0, 0.05) is 31.7 Å². The summed E-state index contributed by atoms with van der Waals surface area (Å²) in [6, 6.07) is 14.3. The summed E-state index contributed by atoms with van der Waals surface area (Å²) in [7, 11) is 0. The molecule has 1 fully saturated rings. The Balaban J connectivity index is 1.62. The minimum absolute atomic E-state index is 0.00416. The average Bonchev–Trinajstić information content (AvgIpc) is 3.16. The molecule has 31 heavy (non-hydrogen) atoms. The second kappa shape index (κ2) is 9.07. The van der Waals surface area contributed by atoms with E-state index in [1.54, 1.807) is 11.3 Å². The fourth-order valence-corrected chi connectivity index (χ4v) is 4.84. The van der Waals surface area contributed by atoms with E-state index in [0.717, 1.165) is 48.2 Å². The minimum atomic E-state index is 0.00416. The molecule has 164 valence electrons. The van der Waals surface area contributed by atoms with Crippen LogP contribution in [0, 0.1) is 6.92 Å². The van der Waals surface area contributed by atoms with Gasteiger partial charge in [0.25, 0.3) is 5.91 Å². The molecule has 4 rings (SSSR count). The van der Waals surface area contributed by atoms with E-state index in [0.29, 0.717) is 12.1 Å². The molecule has 0 radical (unpaired) electrons. The molecule has 1 amide bonds. The van der Waals surface area contributed by atoms with Crippen LogP contribution in [0.25, 0.3) is 10.2 Å². The molecule has 0 N–H and O–H groups in total. The number of morpholine rings is 1. The number of fused-ring (bicyclic) bond motifs is 1. The van der Waals surface area contributed by atoms with E-state index >= 15 is 0 Å². The van der Waals surface area contributed by atoms with Crippen LogP contribution in [-0.4, -0.2) is 55.2 Å². The number of nitrogens with zero attached hydrogens (tertiary/aromatic N) is 3. The number of carbonyl (C=O) groups excluding carboxylic acids is 1. The van der Waals surface area contributed by atoms with Crippen molar-refractivity contribution in [2.24, 2.45) is 0 Å². The number of thiazole rings is 1. The van der Waals surface area contributed by atoms with Gasteiger partial charge < -0.3 is 4.74 Å².